The van der Waals surface area contributed by atoms with Gasteiger partial charge in [-0.1, -0.05) is 87.0 Å². The van der Waals surface area contributed by atoms with Crippen LogP contribution in [0.4, 0.5) is 0 Å². The van der Waals surface area contributed by atoms with Gasteiger partial charge in [0.05, 0.1) is 6.61 Å². The second-order valence-corrected chi connectivity index (χ2v) is 6.83. The third-order valence-electron chi connectivity index (χ3n) is 4.19. The Morgan fingerprint density at radius 3 is 2.10 bits per heavy atom. The molecule has 4 nitrogen and oxygen atoms in total. The van der Waals surface area contributed by atoms with Gasteiger partial charge in [0.1, 0.15) is 18.5 Å². The molecule has 0 bridgehead atoms. The molecule has 1 unspecified atom stereocenters. The molecule has 0 radical (unpaired) electrons. The van der Waals surface area contributed by atoms with E-state index in [1.54, 1.807) is 12.2 Å². The number of rotatable bonds is 8. The fourth-order valence-electron chi connectivity index (χ4n) is 2.56. The van der Waals surface area contributed by atoms with Gasteiger partial charge in [-0.3, -0.25) is 4.79 Å². The zero-order chi connectivity index (χ0) is 23.1. The van der Waals surface area contributed by atoms with Crippen molar-refractivity contribution in [1.82, 2.24) is 5.32 Å². The summed E-state index contributed by atoms with van der Waals surface area (Å²) in [6.07, 6.45) is 6.64. The molecule has 1 amide bonds. The van der Waals surface area contributed by atoms with E-state index in [1.807, 2.05) is 62.4 Å². The summed E-state index contributed by atoms with van der Waals surface area (Å²) >= 11 is 0. The maximum absolute atomic E-state index is 11.1. The molecule has 0 aliphatic carbocycles. The summed E-state index contributed by atoms with van der Waals surface area (Å²) in [5.41, 5.74) is 4.37. The van der Waals surface area contributed by atoms with Gasteiger partial charge in [-0.2, -0.15) is 0 Å². The van der Waals surface area contributed by atoms with Gasteiger partial charge in [0.25, 0.3) is 0 Å². The quantitative estimate of drug-likeness (QED) is 0.346. The van der Waals surface area contributed by atoms with Crippen LogP contribution in [0.15, 0.2) is 87.0 Å². The Balaban J connectivity index is 0.000000329. The van der Waals surface area contributed by atoms with Crippen molar-refractivity contribution in [3.05, 3.63) is 109 Å². The Morgan fingerprint density at radius 2 is 1.68 bits per heavy atom. The summed E-state index contributed by atoms with van der Waals surface area (Å²) in [4.78, 5) is 11.1. The topological polar surface area (TPSA) is 50.9 Å². The third kappa shape index (κ3) is 10.8. The first-order valence-corrected chi connectivity index (χ1v) is 10.1. The Kier molecular flexibility index (Phi) is 12.1. The molecule has 1 fully saturated rings. The average molecular weight is 420 g/mol. The van der Waals surface area contributed by atoms with Crippen LogP contribution < -0.4 is 10.1 Å². The fraction of sp³-hybridized carbons (Fsp3) is 0.222. The van der Waals surface area contributed by atoms with Crippen LogP contribution in [0.3, 0.4) is 0 Å². The summed E-state index contributed by atoms with van der Waals surface area (Å²) in [5, 5.41) is 2.76. The van der Waals surface area contributed by atoms with Crippen molar-refractivity contribution < 1.29 is 14.3 Å². The molecular formula is C27H33NO3. The van der Waals surface area contributed by atoms with E-state index < -0.39 is 0 Å². The third-order valence-corrected chi connectivity index (χ3v) is 4.19. The number of carbonyl (C=O) groups excluding carboxylic acids is 1. The van der Waals surface area contributed by atoms with Gasteiger partial charge in [-0.25, -0.2) is 0 Å². The highest BCUT2D eigenvalue weighted by atomic mass is 16.6. The highest BCUT2D eigenvalue weighted by molar-refractivity contribution is 5.86. The Bertz CT molecular complexity index is 838. The van der Waals surface area contributed by atoms with Crippen molar-refractivity contribution in [3.63, 3.8) is 0 Å². The second kappa shape index (κ2) is 14.6. The molecule has 31 heavy (non-hydrogen) atoms. The number of epoxide rings is 1. The van der Waals surface area contributed by atoms with Crippen LogP contribution in [-0.4, -0.2) is 25.2 Å². The Hall–Kier alpha value is -3.37. The van der Waals surface area contributed by atoms with Gasteiger partial charge in [-0.05, 0) is 42.2 Å². The number of hydrogen-bond donors (Lipinski definition) is 1. The van der Waals surface area contributed by atoms with Crippen molar-refractivity contribution >= 4 is 12.0 Å². The molecule has 3 rings (SSSR count). The molecule has 1 N–H and O–H groups in total. The zero-order valence-electron chi connectivity index (χ0n) is 18.6. The van der Waals surface area contributed by atoms with Crippen LogP contribution in [0, 0.1) is 13.8 Å². The number of allylic oxidation sites excluding steroid dienone is 2. The van der Waals surface area contributed by atoms with E-state index in [0.29, 0.717) is 13.2 Å². The molecule has 1 heterocycles. The van der Waals surface area contributed by atoms with E-state index in [1.165, 1.54) is 11.6 Å². The van der Waals surface area contributed by atoms with Gasteiger partial charge >= 0.3 is 0 Å². The number of nitrogens with one attached hydrogen (secondary N) is 1. The van der Waals surface area contributed by atoms with E-state index in [2.05, 4.69) is 31.6 Å². The lowest BCUT2D eigenvalue weighted by Gasteiger charge is -2.13. The minimum Gasteiger partial charge on any atom is -0.490 e. The number of amides is 1. The van der Waals surface area contributed by atoms with E-state index in [0.717, 1.165) is 29.0 Å². The maximum atomic E-state index is 11.1. The zero-order valence-corrected chi connectivity index (χ0v) is 18.6. The summed E-state index contributed by atoms with van der Waals surface area (Å²) < 4.78 is 10.9. The van der Waals surface area contributed by atoms with Gasteiger partial charge in [0, 0.05) is 6.54 Å². The minimum atomic E-state index is -0.165. The number of aryl methyl sites for hydroxylation is 2. The second-order valence-electron chi connectivity index (χ2n) is 6.83. The Labute approximate surface area is 186 Å². The first-order valence-electron chi connectivity index (χ1n) is 10.1. The van der Waals surface area contributed by atoms with Crippen LogP contribution in [0.5, 0.6) is 5.75 Å². The van der Waals surface area contributed by atoms with Gasteiger partial charge in [-0.15, -0.1) is 0 Å². The smallest absolute Gasteiger partial charge is 0.243 e. The highest BCUT2D eigenvalue weighted by Gasteiger charge is 2.23. The summed E-state index contributed by atoms with van der Waals surface area (Å²) in [6, 6.07) is 14.1. The predicted molar refractivity (Wildman–Crippen MR) is 130 cm³/mol. The van der Waals surface area contributed by atoms with Gasteiger partial charge in [0.2, 0.25) is 5.91 Å². The largest absolute Gasteiger partial charge is 0.490 e. The predicted octanol–water partition coefficient (Wildman–Crippen LogP) is 5.57. The van der Waals surface area contributed by atoms with E-state index in [-0.39, 0.29) is 12.0 Å². The first-order chi connectivity index (χ1) is 14.9. The van der Waals surface area contributed by atoms with Crippen LogP contribution in [0.1, 0.15) is 22.3 Å². The number of ether oxygens (including phenoxy) is 2. The van der Waals surface area contributed by atoms with Gasteiger partial charge < -0.3 is 14.8 Å². The lowest BCUT2D eigenvalue weighted by Crippen LogP contribution is -2.20. The lowest BCUT2D eigenvalue weighted by molar-refractivity contribution is -0.116. The lowest BCUT2D eigenvalue weighted by atomic mass is 10.1. The molecule has 1 aliphatic heterocycles. The average Bonchev–Trinajstić information content (AvgIpc) is 3.62. The Morgan fingerprint density at radius 1 is 1.10 bits per heavy atom. The van der Waals surface area contributed by atoms with Crippen molar-refractivity contribution in [2.45, 2.75) is 26.5 Å². The molecule has 2 aromatic carbocycles. The number of hydrogen-bond acceptors (Lipinski definition) is 3. The summed E-state index contributed by atoms with van der Waals surface area (Å²) in [5.74, 6) is 0.746. The molecule has 0 saturated carbocycles. The maximum Gasteiger partial charge on any atom is 0.243 e. The van der Waals surface area contributed by atoms with Crippen molar-refractivity contribution in [2.75, 3.05) is 13.2 Å². The highest BCUT2D eigenvalue weighted by Crippen LogP contribution is 2.26. The van der Waals surface area contributed by atoms with Crippen LogP contribution >= 0.6 is 0 Å². The molecule has 0 aromatic heterocycles. The van der Waals surface area contributed by atoms with Crippen molar-refractivity contribution in [1.29, 1.82) is 0 Å². The minimum absolute atomic E-state index is 0.165. The van der Waals surface area contributed by atoms with Crippen LogP contribution in [-0.2, 0) is 16.1 Å². The van der Waals surface area contributed by atoms with Crippen molar-refractivity contribution in [3.8, 4) is 5.75 Å². The van der Waals surface area contributed by atoms with E-state index in [9.17, 15) is 4.79 Å². The van der Waals surface area contributed by atoms with Crippen molar-refractivity contribution in [2.24, 2.45) is 0 Å². The fourth-order valence-corrected chi connectivity index (χ4v) is 2.56. The standard InChI is InChI=1S/C15H19NO3.C8H8.C4H6/c1-4-14(17)16-7-12-5-10(2)15(11(3)6-12)19-9-13-8-18-13;1-2-8-6-4-3-5-7-8;1-3-4-2/h4-6,13H,1,7-9H2,2-3H3,(H,16,17);2-7H,1H2;3-4H,1-2H2. The molecule has 164 valence electrons. The molecule has 0 spiro atoms. The first kappa shape index (κ1) is 25.7. The van der Waals surface area contributed by atoms with E-state index >= 15 is 0 Å². The normalized spacial score (nSPS) is 13.2. The summed E-state index contributed by atoms with van der Waals surface area (Å²) in [6.45, 7) is 19.7. The molecule has 2 aromatic rings. The number of benzene rings is 2. The van der Waals surface area contributed by atoms with E-state index in [4.69, 9.17) is 9.47 Å². The monoisotopic (exact) mass is 419 g/mol. The molecule has 4 heteroatoms. The van der Waals surface area contributed by atoms with Crippen LogP contribution in [0.2, 0.25) is 0 Å². The van der Waals surface area contributed by atoms with Crippen LogP contribution in [0.25, 0.3) is 6.08 Å². The summed E-state index contributed by atoms with van der Waals surface area (Å²) in [7, 11) is 0. The number of carbonyl (C=O) groups is 1. The molecule has 1 aliphatic rings. The van der Waals surface area contributed by atoms with Gasteiger partial charge in [0.15, 0.2) is 0 Å². The molecule has 1 saturated heterocycles. The SMILES string of the molecule is C=CC(=O)NCc1cc(C)c(OCC2CO2)c(C)c1.C=CC=C.C=Cc1ccccc1. The molecule has 1 atom stereocenters. The molecular weight excluding hydrogens is 386 g/mol.